The van der Waals surface area contributed by atoms with Crippen molar-refractivity contribution in [1.29, 1.82) is 0 Å². The average Bonchev–Trinajstić information content (AvgIpc) is 2.86. The van der Waals surface area contributed by atoms with Crippen molar-refractivity contribution < 1.29 is 28.7 Å². The van der Waals surface area contributed by atoms with Crippen LogP contribution in [0.3, 0.4) is 0 Å². The highest BCUT2D eigenvalue weighted by molar-refractivity contribution is 5.93. The Morgan fingerprint density at radius 2 is 1.62 bits per heavy atom. The largest absolute Gasteiger partial charge is 0.468 e. The van der Waals surface area contributed by atoms with E-state index in [9.17, 15) is 19.2 Å². The molecule has 9 heteroatoms. The SMILES string of the molecule is CCC(C)C(NC(=O)OC(C)(C)C)C(=O)N(C(C)CCC(C)C)C(C(=O)NCC(=O)OC)c1cc(C)ccc1C. The van der Waals surface area contributed by atoms with Gasteiger partial charge in [-0.25, -0.2) is 4.79 Å². The first-order valence-electron chi connectivity index (χ1n) is 14.3. The van der Waals surface area contributed by atoms with Gasteiger partial charge >= 0.3 is 12.1 Å². The van der Waals surface area contributed by atoms with Gasteiger partial charge in [-0.1, -0.05) is 57.9 Å². The predicted molar refractivity (Wildman–Crippen MR) is 157 cm³/mol. The molecule has 0 aliphatic heterocycles. The van der Waals surface area contributed by atoms with Crippen LogP contribution in [-0.4, -0.2) is 60.1 Å². The number of rotatable bonds is 13. The second kappa shape index (κ2) is 15.6. The lowest BCUT2D eigenvalue weighted by Crippen LogP contribution is -2.57. The van der Waals surface area contributed by atoms with E-state index in [1.807, 2.05) is 52.8 Å². The molecule has 0 saturated heterocycles. The quantitative estimate of drug-likeness (QED) is 0.319. The van der Waals surface area contributed by atoms with Gasteiger partial charge in [-0.2, -0.15) is 0 Å². The fourth-order valence-corrected chi connectivity index (χ4v) is 4.39. The second-order valence-corrected chi connectivity index (χ2v) is 12.1. The lowest BCUT2D eigenvalue weighted by atomic mass is 9.91. The van der Waals surface area contributed by atoms with Crippen LogP contribution in [0, 0.1) is 25.7 Å². The monoisotopic (exact) mass is 561 g/mol. The van der Waals surface area contributed by atoms with E-state index in [-0.39, 0.29) is 24.4 Å². The minimum Gasteiger partial charge on any atom is -0.468 e. The Morgan fingerprint density at radius 3 is 2.15 bits per heavy atom. The first-order chi connectivity index (χ1) is 18.5. The fourth-order valence-electron chi connectivity index (χ4n) is 4.39. The number of methoxy groups -OCH3 is 1. The normalized spacial score (nSPS) is 14.5. The van der Waals surface area contributed by atoms with E-state index in [2.05, 4.69) is 24.5 Å². The van der Waals surface area contributed by atoms with Gasteiger partial charge in [0.1, 0.15) is 24.2 Å². The molecule has 3 amide bonds. The highest BCUT2D eigenvalue weighted by Crippen LogP contribution is 2.31. The number of amides is 3. The standard InChI is InChI=1S/C31H51N3O6/c1-12-21(5)26(33-30(38)40-31(8,9)10)29(37)34(23(7)16-13-19(2)3)27(28(36)32-18-25(35)39-11)24-17-20(4)14-15-22(24)6/h14-15,17,19,21,23,26-27H,12-13,16,18H2,1-11H3,(H,32,36)(H,33,38). The Balaban J connectivity index is 3.74. The van der Waals surface area contributed by atoms with E-state index in [0.29, 0.717) is 24.3 Å². The molecule has 0 spiro atoms. The molecule has 0 aromatic heterocycles. The number of hydrogen-bond acceptors (Lipinski definition) is 6. The van der Waals surface area contributed by atoms with Crippen molar-refractivity contribution in [1.82, 2.24) is 15.5 Å². The molecule has 4 unspecified atom stereocenters. The van der Waals surface area contributed by atoms with Crippen LogP contribution in [0.1, 0.15) is 97.4 Å². The zero-order chi connectivity index (χ0) is 30.8. The Morgan fingerprint density at radius 1 is 1.00 bits per heavy atom. The summed E-state index contributed by atoms with van der Waals surface area (Å²) in [6.45, 7) is 18.7. The molecule has 0 fully saturated rings. The molecule has 1 rings (SSSR count). The molecule has 1 aromatic rings. The van der Waals surface area contributed by atoms with E-state index >= 15 is 0 Å². The van der Waals surface area contributed by atoms with Gasteiger partial charge in [0.15, 0.2) is 0 Å². The van der Waals surface area contributed by atoms with Crippen LogP contribution in [0.15, 0.2) is 18.2 Å². The molecule has 0 aliphatic carbocycles. The average molecular weight is 562 g/mol. The highest BCUT2D eigenvalue weighted by Gasteiger charge is 2.41. The number of carbonyl (C=O) groups excluding carboxylic acids is 4. The smallest absolute Gasteiger partial charge is 0.408 e. The van der Waals surface area contributed by atoms with Crippen molar-refractivity contribution >= 4 is 23.9 Å². The summed E-state index contributed by atoms with van der Waals surface area (Å²) in [5, 5.41) is 5.46. The maximum absolute atomic E-state index is 14.5. The molecule has 40 heavy (non-hydrogen) atoms. The lowest BCUT2D eigenvalue weighted by Gasteiger charge is -2.40. The zero-order valence-corrected chi connectivity index (χ0v) is 26.3. The van der Waals surface area contributed by atoms with Gasteiger partial charge in [-0.15, -0.1) is 0 Å². The third-order valence-electron chi connectivity index (χ3n) is 6.93. The first kappa shape index (κ1) is 34.9. The van der Waals surface area contributed by atoms with Crippen molar-refractivity contribution in [3.63, 3.8) is 0 Å². The van der Waals surface area contributed by atoms with E-state index in [4.69, 9.17) is 9.47 Å². The summed E-state index contributed by atoms with van der Waals surface area (Å²) in [6.07, 6.45) is 1.40. The minimum atomic E-state index is -1.04. The number of esters is 1. The molecule has 2 N–H and O–H groups in total. The topological polar surface area (TPSA) is 114 Å². The zero-order valence-electron chi connectivity index (χ0n) is 26.3. The minimum absolute atomic E-state index is 0.239. The Bertz CT molecular complexity index is 1020. The molecule has 0 radical (unpaired) electrons. The Hall–Kier alpha value is -3.10. The van der Waals surface area contributed by atoms with Crippen LogP contribution < -0.4 is 10.6 Å². The van der Waals surface area contributed by atoms with Gasteiger partial charge < -0.3 is 25.0 Å². The van der Waals surface area contributed by atoms with E-state index in [1.54, 1.807) is 25.7 Å². The third kappa shape index (κ3) is 10.8. The van der Waals surface area contributed by atoms with Crippen molar-refractivity contribution in [3.05, 3.63) is 34.9 Å². The molecule has 226 valence electrons. The third-order valence-corrected chi connectivity index (χ3v) is 6.93. The maximum Gasteiger partial charge on any atom is 0.408 e. The van der Waals surface area contributed by atoms with Crippen molar-refractivity contribution in [2.75, 3.05) is 13.7 Å². The summed E-state index contributed by atoms with van der Waals surface area (Å²) < 4.78 is 10.2. The molecular weight excluding hydrogens is 510 g/mol. The fraction of sp³-hybridized carbons (Fsp3) is 0.677. The molecule has 9 nitrogen and oxygen atoms in total. The number of benzene rings is 1. The summed E-state index contributed by atoms with van der Waals surface area (Å²) >= 11 is 0. The van der Waals surface area contributed by atoms with E-state index in [1.165, 1.54) is 7.11 Å². The van der Waals surface area contributed by atoms with Gasteiger partial charge in [0.25, 0.3) is 0 Å². The molecule has 0 aliphatic rings. The van der Waals surface area contributed by atoms with Crippen LogP contribution >= 0.6 is 0 Å². The van der Waals surface area contributed by atoms with Crippen LogP contribution in [-0.2, 0) is 23.9 Å². The van der Waals surface area contributed by atoms with Crippen molar-refractivity contribution in [2.24, 2.45) is 11.8 Å². The molecule has 0 heterocycles. The number of hydrogen-bond donors (Lipinski definition) is 2. The number of alkyl carbamates (subject to hydrolysis) is 1. The van der Waals surface area contributed by atoms with Gasteiger partial charge in [-0.05, 0) is 77.3 Å². The van der Waals surface area contributed by atoms with Crippen molar-refractivity contribution in [3.8, 4) is 0 Å². The Kier molecular flexibility index (Phi) is 13.6. The summed E-state index contributed by atoms with van der Waals surface area (Å²) in [6, 6.07) is 3.44. The van der Waals surface area contributed by atoms with E-state index < -0.39 is 35.7 Å². The van der Waals surface area contributed by atoms with Crippen LogP contribution in [0.25, 0.3) is 0 Å². The first-order valence-corrected chi connectivity index (χ1v) is 14.3. The molecule has 0 saturated carbocycles. The van der Waals surface area contributed by atoms with Crippen molar-refractivity contribution in [2.45, 2.75) is 112 Å². The number of nitrogens with zero attached hydrogens (tertiary/aromatic N) is 1. The molecular formula is C31H51N3O6. The second-order valence-electron chi connectivity index (χ2n) is 12.1. The summed E-state index contributed by atoms with van der Waals surface area (Å²) in [7, 11) is 1.25. The molecule has 4 atom stereocenters. The summed E-state index contributed by atoms with van der Waals surface area (Å²) in [5.41, 5.74) is 1.68. The van der Waals surface area contributed by atoms with Gasteiger partial charge in [-0.3, -0.25) is 14.4 Å². The number of ether oxygens (including phenoxy) is 2. The van der Waals surface area contributed by atoms with Crippen LogP contribution in [0.2, 0.25) is 0 Å². The number of nitrogens with one attached hydrogen (secondary N) is 2. The van der Waals surface area contributed by atoms with Gasteiger partial charge in [0.05, 0.1) is 7.11 Å². The Labute approximate surface area is 240 Å². The highest BCUT2D eigenvalue weighted by atomic mass is 16.6. The summed E-state index contributed by atoms with van der Waals surface area (Å²) in [4.78, 5) is 54.7. The lowest BCUT2D eigenvalue weighted by molar-refractivity contribution is -0.147. The summed E-state index contributed by atoms with van der Waals surface area (Å²) in [5.74, 6) is -1.32. The maximum atomic E-state index is 14.5. The van der Waals surface area contributed by atoms with Gasteiger partial charge in [0.2, 0.25) is 11.8 Å². The van der Waals surface area contributed by atoms with Crippen LogP contribution in [0.5, 0.6) is 0 Å². The van der Waals surface area contributed by atoms with E-state index in [0.717, 1.165) is 17.5 Å². The number of carbonyl (C=O) groups is 4. The van der Waals surface area contributed by atoms with Crippen LogP contribution in [0.4, 0.5) is 4.79 Å². The predicted octanol–water partition coefficient (Wildman–Crippen LogP) is 5.23. The number of aryl methyl sites for hydroxylation is 2. The molecule has 1 aromatic carbocycles. The molecule has 0 bridgehead atoms. The van der Waals surface area contributed by atoms with Gasteiger partial charge in [0, 0.05) is 6.04 Å².